The van der Waals surface area contributed by atoms with Gasteiger partial charge < -0.3 is 14.6 Å². The molecular weight excluding hydrogens is 382 g/mol. The average Bonchev–Trinajstić information content (AvgIpc) is 3.29. The van der Waals surface area contributed by atoms with Gasteiger partial charge in [0.05, 0.1) is 23.6 Å². The number of nitrogens with zero attached hydrogens (tertiary/aromatic N) is 2. The SMILES string of the molecule is O=C(OCCCn1c(=O)[nH]c2ccccc21)C1CC(=O)N(CCc2ccccc2)C1. The average molecular weight is 407 g/mol. The maximum Gasteiger partial charge on any atom is 0.326 e. The van der Waals surface area contributed by atoms with E-state index in [4.69, 9.17) is 4.74 Å². The third-order valence-electron chi connectivity index (χ3n) is 5.51. The zero-order chi connectivity index (χ0) is 20.9. The van der Waals surface area contributed by atoms with Gasteiger partial charge in [0.1, 0.15) is 0 Å². The number of imidazole rings is 1. The fraction of sp³-hybridized carbons (Fsp3) is 0.348. The van der Waals surface area contributed by atoms with Crippen LogP contribution in [0.25, 0.3) is 11.0 Å². The summed E-state index contributed by atoms with van der Waals surface area (Å²) in [6, 6.07) is 17.5. The van der Waals surface area contributed by atoms with Crippen LogP contribution >= 0.6 is 0 Å². The first-order chi connectivity index (χ1) is 14.6. The highest BCUT2D eigenvalue weighted by atomic mass is 16.5. The van der Waals surface area contributed by atoms with E-state index in [1.165, 1.54) is 5.56 Å². The number of fused-ring (bicyclic) bond motifs is 1. The van der Waals surface area contributed by atoms with Gasteiger partial charge in [0.25, 0.3) is 0 Å². The molecule has 0 radical (unpaired) electrons. The molecule has 30 heavy (non-hydrogen) atoms. The summed E-state index contributed by atoms with van der Waals surface area (Å²) >= 11 is 0. The summed E-state index contributed by atoms with van der Waals surface area (Å²) in [4.78, 5) is 41.2. The molecule has 1 atom stereocenters. The Morgan fingerprint density at radius 2 is 1.80 bits per heavy atom. The number of benzene rings is 2. The van der Waals surface area contributed by atoms with Gasteiger partial charge in [-0.25, -0.2) is 4.79 Å². The number of carbonyl (C=O) groups excluding carboxylic acids is 2. The molecule has 1 saturated heterocycles. The number of nitrogens with one attached hydrogen (secondary N) is 1. The lowest BCUT2D eigenvalue weighted by atomic mass is 10.1. The Labute approximate surface area is 174 Å². The molecule has 0 aliphatic carbocycles. The molecule has 1 aromatic heterocycles. The van der Waals surface area contributed by atoms with E-state index in [1.54, 1.807) is 9.47 Å². The van der Waals surface area contributed by atoms with E-state index in [0.29, 0.717) is 26.1 Å². The molecule has 1 amide bonds. The zero-order valence-electron chi connectivity index (χ0n) is 16.8. The van der Waals surface area contributed by atoms with E-state index in [0.717, 1.165) is 17.5 Å². The van der Waals surface area contributed by atoms with Gasteiger partial charge in [0.2, 0.25) is 5.91 Å². The number of carbonyl (C=O) groups is 2. The molecule has 7 heteroatoms. The Kier molecular flexibility index (Phi) is 5.97. The van der Waals surface area contributed by atoms with Crippen LogP contribution in [0.5, 0.6) is 0 Å². The predicted octanol–water partition coefficient (Wildman–Crippen LogP) is 2.35. The second-order valence-electron chi connectivity index (χ2n) is 7.60. The van der Waals surface area contributed by atoms with Crippen molar-refractivity contribution in [1.82, 2.24) is 14.5 Å². The fourth-order valence-corrected chi connectivity index (χ4v) is 3.90. The second-order valence-corrected chi connectivity index (χ2v) is 7.60. The minimum Gasteiger partial charge on any atom is -0.465 e. The Morgan fingerprint density at radius 3 is 2.63 bits per heavy atom. The first-order valence-corrected chi connectivity index (χ1v) is 10.3. The number of aryl methyl sites for hydroxylation is 1. The van der Waals surface area contributed by atoms with E-state index < -0.39 is 5.92 Å². The van der Waals surface area contributed by atoms with Crippen LogP contribution in [0.15, 0.2) is 59.4 Å². The summed E-state index contributed by atoms with van der Waals surface area (Å²) in [5, 5.41) is 0. The van der Waals surface area contributed by atoms with E-state index in [1.807, 2.05) is 54.6 Å². The van der Waals surface area contributed by atoms with Crippen molar-refractivity contribution in [3.8, 4) is 0 Å². The third-order valence-corrected chi connectivity index (χ3v) is 5.51. The number of para-hydroxylation sites is 2. The van der Waals surface area contributed by atoms with E-state index in [-0.39, 0.29) is 30.6 Å². The number of esters is 1. The molecule has 3 aromatic rings. The van der Waals surface area contributed by atoms with Gasteiger partial charge in [-0.15, -0.1) is 0 Å². The highest BCUT2D eigenvalue weighted by Gasteiger charge is 2.34. The van der Waals surface area contributed by atoms with Crippen molar-refractivity contribution >= 4 is 22.9 Å². The first kappa shape index (κ1) is 19.9. The Balaban J connectivity index is 1.23. The van der Waals surface area contributed by atoms with Crippen LogP contribution in [-0.2, 0) is 27.3 Å². The number of aromatic nitrogens is 2. The van der Waals surface area contributed by atoms with Gasteiger partial charge in [-0.3, -0.25) is 14.2 Å². The highest BCUT2D eigenvalue weighted by Crippen LogP contribution is 2.20. The Morgan fingerprint density at radius 1 is 1.03 bits per heavy atom. The molecule has 0 spiro atoms. The van der Waals surface area contributed by atoms with Crippen LogP contribution in [0.1, 0.15) is 18.4 Å². The van der Waals surface area contributed by atoms with E-state index >= 15 is 0 Å². The zero-order valence-corrected chi connectivity index (χ0v) is 16.8. The van der Waals surface area contributed by atoms with Crippen LogP contribution in [-0.4, -0.2) is 46.0 Å². The number of aromatic amines is 1. The van der Waals surface area contributed by atoms with Gasteiger partial charge >= 0.3 is 11.7 Å². The molecule has 1 aliphatic rings. The van der Waals surface area contributed by atoms with Gasteiger partial charge in [0.15, 0.2) is 0 Å². The standard InChI is InChI=1S/C23H25N3O4/c27-21-15-18(16-25(21)13-11-17-7-2-1-3-8-17)22(28)30-14-6-12-26-20-10-5-4-9-19(20)24-23(26)29/h1-5,7-10,18H,6,11-16H2,(H,24,29). The summed E-state index contributed by atoms with van der Waals surface area (Å²) in [6.45, 7) is 1.70. The van der Waals surface area contributed by atoms with Crippen molar-refractivity contribution in [1.29, 1.82) is 0 Å². The molecule has 2 aromatic carbocycles. The number of amides is 1. The van der Waals surface area contributed by atoms with Gasteiger partial charge in [-0.05, 0) is 30.5 Å². The number of hydrogen-bond donors (Lipinski definition) is 1. The van der Waals surface area contributed by atoms with Crippen molar-refractivity contribution in [2.45, 2.75) is 25.8 Å². The van der Waals surface area contributed by atoms with Gasteiger partial charge in [0, 0.05) is 26.1 Å². The monoisotopic (exact) mass is 407 g/mol. The smallest absolute Gasteiger partial charge is 0.326 e. The largest absolute Gasteiger partial charge is 0.465 e. The molecule has 0 bridgehead atoms. The summed E-state index contributed by atoms with van der Waals surface area (Å²) < 4.78 is 7.04. The van der Waals surface area contributed by atoms with Crippen LogP contribution < -0.4 is 5.69 Å². The molecule has 1 unspecified atom stereocenters. The molecule has 156 valence electrons. The number of H-pyrrole nitrogens is 1. The summed E-state index contributed by atoms with van der Waals surface area (Å²) in [6.07, 6.45) is 1.51. The minimum absolute atomic E-state index is 0.00164. The quantitative estimate of drug-likeness (QED) is 0.459. The molecule has 2 heterocycles. The molecule has 7 nitrogen and oxygen atoms in total. The molecule has 1 aliphatic heterocycles. The minimum atomic E-state index is -0.413. The van der Waals surface area contributed by atoms with Crippen LogP contribution in [0.3, 0.4) is 0 Å². The molecule has 1 N–H and O–H groups in total. The summed E-state index contributed by atoms with van der Waals surface area (Å²) in [5.74, 6) is -0.751. The Bertz CT molecular complexity index is 1090. The number of hydrogen-bond acceptors (Lipinski definition) is 4. The molecule has 4 rings (SSSR count). The second kappa shape index (κ2) is 8.98. The van der Waals surface area contributed by atoms with Crippen molar-refractivity contribution in [3.05, 3.63) is 70.6 Å². The fourth-order valence-electron chi connectivity index (χ4n) is 3.90. The molecular formula is C23H25N3O4. The summed E-state index contributed by atoms with van der Waals surface area (Å²) in [5.41, 5.74) is 2.63. The van der Waals surface area contributed by atoms with E-state index in [9.17, 15) is 14.4 Å². The van der Waals surface area contributed by atoms with Crippen molar-refractivity contribution in [2.24, 2.45) is 5.92 Å². The van der Waals surface area contributed by atoms with Gasteiger partial charge in [-0.2, -0.15) is 0 Å². The van der Waals surface area contributed by atoms with Crippen LogP contribution in [0.2, 0.25) is 0 Å². The normalized spacial score (nSPS) is 16.3. The first-order valence-electron chi connectivity index (χ1n) is 10.3. The maximum atomic E-state index is 12.4. The number of ether oxygens (including phenoxy) is 1. The van der Waals surface area contributed by atoms with Gasteiger partial charge in [-0.1, -0.05) is 42.5 Å². The lowest BCUT2D eigenvalue weighted by Gasteiger charge is -2.16. The van der Waals surface area contributed by atoms with Crippen molar-refractivity contribution in [3.63, 3.8) is 0 Å². The molecule has 0 saturated carbocycles. The van der Waals surface area contributed by atoms with Crippen molar-refractivity contribution in [2.75, 3.05) is 19.7 Å². The predicted molar refractivity (Wildman–Crippen MR) is 113 cm³/mol. The number of likely N-dealkylation sites (tertiary alicyclic amines) is 1. The third kappa shape index (κ3) is 4.45. The number of rotatable bonds is 8. The molecule has 1 fully saturated rings. The lowest BCUT2D eigenvalue weighted by Crippen LogP contribution is -2.29. The van der Waals surface area contributed by atoms with Crippen LogP contribution in [0.4, 0.5) is 0 Å². The topological polar surface area (TPSA) is 84.4 Å². The van der Waals surface area contributed by atoms with Crippen LogP contribution in [0, 0.1) is 5.92 Å². The van der Waals surface area contributed by atoms with E-state index in [2.05, 4.69) is 4.98 Å². The lowest BCUT2D eigenvalue weighted by molar-refractivity contribution is -0.148. The maximum absolute atomic E-state index is 12.4. The Hall–Kier alpha value is -3.35. The summed E-state index contributed by atoms with van der Waals surface area (Å²) in [7, 11) is 0. The highest BCUT2D eigenvalue weighted by molar-refractivity contribution is 5.86. The van der Waals surface area contributed by atoms with Crippen molar-refractivity contribution < 1.29 is 14.3 Å².